The lowest BCUT2D eigenvalue weighted by Crippen LogP contribution is -2.37. The Morgan fingerprint density at radius 3 is 3.08 bits per heavy atom. The van der Waals surface area contributed by atoms with E-state index in [4.69, 9.17) is 9.26 Å². The van der Waals surface area contributed by atoms with Gasteiger partial charge in [0.25, 0.3) is 15.9 Å². The number of amidine groups is 1. The van der Waals surface area contributed by atoms with Gasteiger partial charge in [-0.3, -0.25) is 0 Å². The molecule has 0 N–H and O–H groups in total. The van der Waals surface area contributed by atoms with E-state index in [0.717, 1.165) is 4.88 Å². The number of rotatable bonds is 4. The molecule has 2 aromatic heterocycles. The molecule has 26 heavy (non-hydrogen) atoms. The molecule has 0 aliphatic carbocycles. The van der Waals surface area contributed by atoms with E-state index in [1.165, 1.54) is 29.7 Å². The van der Waals surface area contributed by atoms with Gasteiger partial charge in [0, 0.05) is 12.7 Å². The molecule has 2 aliphatic rings. The molecule has 0 aromatic carbocycles. The van der Waals surface area contributed by atoms with Crippen molar-refractivity contribution in [2.45, 2.75) is 6.61 Å². The number of carbonyl (C=O) groups is 1. The van der Waals surface area contributed by atoms with Gasteiger partial charge in [0.15, 0.2) is 6.61 Å². The molecule has 0 saturated carbocycles. The second-order valence-electron chi connectivity index (χ2n) is 5.41. The van der Waals surface area contributed by atoms with Crippen molar-refractivity contribution in [3.8, 4) is 10.7 Å². The standard InChI is InChI=1S/C15H12N4O5S2/c20-15(10-3-4-12-18-26(21,22)7-5-19(12)8-10)23-9-13-16-14(17-24-13)11-2-1-6-25-11/h1-4,6,8H,5,7,9H2. The van der Waals surface area contributed by atoms with Gasteiger partial charge in [0.1, 0.15) is 5.84 Å². The Kier molecular flexibility index (Phi) is 4.17. The van der Waals surface area contributed by atoms with E-state index in [0.29, 0.717) is 5.82 Å². The molecule has 2 aliphatic heterocycles. The fraction of sp³-hybridized carbons (Fsp3) is 0.200. The van der Waals surface area contributed by atoms with Crippen LogP contribution in [-0.4, -0.2) is 47.6 Å². The lowest BCUT2D eigenvalue weighted by atomic mass is 10.2. The average molecular weight is 392 g/mol. The normalized spacial score (nSPS) is 18.1. The Labute approximate surface area is 152 Å². The van der Waals surface area contributed by atoms with Crippen molar-refractivity contribution in [2.24, 2.45) is 4.40 Å². The van der Waals surface area contributed by atoms with Gasteiger partial charge in [-0.2, -0.15) is 4.98 Å². The van der Waals surface area contributed by atoms with Crippen molar-refractivity contribution < 1.29 is 22.5 Å². The second-order valence-corrected chi connectivity index (χ2v) is 8.11. The first kappa shape index (κ1) is 16.7. The predicted octanol–water partition coefficient (Wildman–Crippen LogP) is 1.34. The smallest absolute Gasteiger partial charge is 0.340 e. The largest absolute Gasteiger partial charge is 0.452 e. The van der Waals surface area contributed by atoms with Crippen LogP contribution in [0, 0.1) is 0 Å². The third-order valence-corrected chi connectivity index (χ3v) is 5.63. The topological polar surface area (TPSA) is 115 Å². The molecule has 0 radical (unpaired) electrons. The fourth-order valence-corrected chi connectivity index (χ4v) is 3.97. The molecule has 0 atom stereocenters. The zero-order chi connectivity index (χ0) is 18.1. The van der Waals surface area contributed by atoms with Crippen molar-refractivity contribution in [1.82, 2.24) is 15.0 Å². The van der Waals surface area contributed by atoms with Gasteiger partial charge < -0.3 is 14.2 Å². The minimum absolute atomic E-state index is 0.101. The number of aromatic nitrogens is 2. The van der Waals surface area contributed by atoms with Crippen LogP contribution in [0.25, 0.3) is 10.7 Å². The summed E-state index contributed by atoms with van der Waals surface area (Å²) < 4.78 is 36.9. The molecule has 0 saturated heterocycles. The number of esters is 1. The van der Waals surface area contributed by atoms with Gasteiger partial charge >= 0.3 is 5.97 Å². The summed E-state index contributed by atoms with van der Waals surface area (Å²) in [6, 6.07) is 3.74. The zero-order valence-electron chi connectivity index (χ0n) is 13.2. The number of fused-ring (bicyclic) bond motifs is 1. The van der Waals surface area contributed by atoms with Crippen molar-refractivity contribution >= 4 is 33.2 Å². The van der Waals surface area contributed by atoms with Gasteiger partial charge in [-0.15, -0.1) is 15.7 Å². The van der Waals surface area contributed by atoms with Gasteiger partial charge in [0.2, 0.25) is 5.82 Å². The maximum Gasteiger partial charge on any atom is 0.340 e. The quantitative estimate of drug-likeness (QED) is 0.716. The summed E-state index contributed by atoms with van der Waals surface area (Å²) >= 11 is 1.48. The van der Waals surface area contributed by atoms with Gasteiger partial charge in [-0.1, -0.05) is 11.2 Å². The van der Waals surface area contributed by atoms with Crippen LogP contribution in [-0.2, 0) is 26.2 Å². The molecule has 134 valence electrons. The lowest BCUT2D eigenvalue weighted by Gasteiger charge is -2.26. The van der Waals surface area contributed by atoms with Crippen molar-refractivity contribution in [3.63, 3.8) is 0 Å². The first-order valence-corrected chi connectivity index (χ1v) is 10.0. The number of hydrogen-bond acceptors (Lipinski definition) is 9. The lowest BCUT2D eigenvalue weighted by molar-refractivity contribution is -0.140. The molecule has 9 nitrogen and oxygen atoms in total. The van der Waals surface area contributed by atoms with E-state index in [1.807, 2.05) is 17.5 Å². The van der Waals surface area contributed by atoms with E-state index >= 15 is 0 Å². The van der Waals surface area contributed by atoms with Crippen LogP contribution in [0.3, 0.4) is 0 Å². The molecule has 0 bridgehead atoms. The average Bonchev–Trinajstić information content (AvgIpc) is 3.30. The number of hydrogen-bond donors (Lipinski definition) is 0. The van der Waals surface area contributed by atoms with Gasteiger partial charge in [-0.25, -0.2) is 13.2 Å². The van der Waals surface area contributed by atoms with E-state index < -0.39 is 16.0 Å². The number of carbonyl (C=O) groups excluding carboxylic acids is 1. The Balaban J connectivity index is 1.40. The Morgan fingerprint density at radius 2 is 2.27 bits per heavy atom. The fourth-order valence-electron chi connectivity index (χ4n) is 2.35. The highest BCUT2D eigenvalue weighted by molar-refractivity contribution is 7.90. The molecule has 4 heterocycles. The first-order chi connectivity index (χ1) is 12.5. The van der Waals surface area contributed by atoms with Crippen molar-refractivity contribution in [3.05, 3.63) is 47.3 Å². The molecule has 0 fully saturated rings. The van der Waals surface area contributed by atoms with E-state index in [9.17, 15) is 13.2 Å². The van der Waals surface area contributed by atoms with Crippen LogP contribution in [0.15, 0.2) is 50.4 Å². The van der Waals surface area contributed by atoms with Crippen molar-refractivity contribution in [1.29, 1.82) is 0 Å². The summed E-state index contributed by atoms with van der Waals surface area (Å²) in [5.41, 5.74) is 0.279. The molecule has 0 spiro atoms. The monoisotopic (exact) mass is 392 g/mol. The summed E-state index contributed by atoms with van der Waals surface area (Å²) in [6.45, 7) is 0.0772. The van der Waals surface area contributed by atoms with Crippen LogP contribution in [0.5, 0.6) is 0 Å². The molecule has 4 rings (SSSR count). The number of sulfonamides is 1. The molecule has 0 amide bonds. The maximum atomic E-state index is 12.2. The van der Waals surface area contributed by atoms with Crippen LogP contribution in [0.2, 0.25) is 0 Å². The second kappa shape index (κ2) is 6.50. The highest BCUT2D eigenvalue weighted by atomic mass is 32.2. The number of ether oxygens (including phenoxy) is 1. The van der Waals surface area contributed by atoms with Crippen LogP contribution >= 0.6 is 11.3 Å². The van der Waals surface area contributed by atoms with Gasteiger partial charge in [-0.05, 0) is 23.6 Å². The highest BCUT2D eigenvalue weighted by Crippen LogP contribution is 2.22. The first-order valence-electron chi connectivity index (χ1n) is 7.53. The Bertz CT molecular complexity index is 1030. The Morgan fingerprint density at radius 1 is 1.38 bits per heavy atom. The SMILES string of the molecule is O=C(OCc1nc(-c2cccs2)no1)C1=CN2CCS(=O)(=O)N=C2C=C1. The summed E-state index contributed by atoms with van der Waals surface area (Å²) in [6.07, 6.45) is 4.44. The molecular weight excluding hydrogens is 380 g/mol. The van der Waals surface area contributed by atoms with E-state index in [1.54, 1.807) is 4.90 Å². The zero-order valence-corrected chi connectivity index (χ0v) is 14.9. The summed E-state index contributed by atoms with van der Waals surface area (Å²) in [7, 11) is -3.43. The van der Waals surface area contributed by atoms with Crippen LogP contribution in [0.1, 0.15) is 5.89 Å². The van der Waals surface area contributed by atoms with Crippen LogP contribution in [0.4, 0.5) is 0 Å². The highest BCUT2D eigenvalue weighted by Gasteiger charge is 2.25. The summed E-state index contributed by atoms with van der Waals surface area (Å²) in [5, 5.41) is 5.74. The number of nitrogens with zero attached hydrogens (tertiary/aromatic N) is 4. The summed E-state index contributed by atoms with van der Waals surface area (Å²) in [4.78, 5) is 18.8. The van der Waals surface area contributed by atoms with Crippen molar-refractivity contribution in [2.75, 3.05) is 12.3 Å². The van der Waals surface area contributed by atoms with Crippen LogP contribution < -0.4 is 0 Å². The third kappa shape index (κ3) is 3.44. The predicted molar refractivity (Wildman–Crippen MR) is 92.6 cm³/mol. The van der Waals surface area contributed by atoms with Gasteiger partial charge in [0.05, 0.1) is 16.2 Å². The molecular formula is C15H12N4O5S2. The van der Waals surface area contributed by atoms with E-state index in [2.05, 4.69) is 14.5 Å². The molecule has 11 heteroatoms. The number of thiophene rings is 1. The minimum Gasteiger partial charge on any atom is -0.452 e. The molecule has 2 aromatic rings. The van der Waals surface area contributed by atoms with E-state index in [-0.39, 0.29) is 36.2 Å². The summed E-state index contributed by atoms with van der Waals surface area (Å²) in [5.74, 6) is 0.234. The Hall–Kier alpha value is -2.79. The maximum absolute atomic E-state index is 12.2. The minimum atomic E-state index is -3.43. The molecule has 0 unspecified atom stereocenters. The third-order valence-electron chi connectivity index (χ3n) is 3.60.